The molecule has 2 aromatic rings. The highest BCUT2D eigenvalue weighted by molar-refractivity contribution is 6.31. The van der Waals surface area contributed by atoms with Crippen LogP contribution in [-0.2, 0) is 24.6 Å². The Morgan fingerprint density at radius 3 is 2.23 bits per heavy atom. The molecule has 2 aliphatic heterocycles. The minimum absolute atomic E-state index is 0. The summed E-state index contributed by atoms with van der Waals surface area (Å²) < 4.78 is 47.4. The average molecular weight is 662 g/mol. The molecule has 4 atom stereocenters. The highest BCUT2D eigenvalue weighted by Gasteiger charge is 2.66. The van der Waals surface area contributed by atoms with Crippen LogP contribution in [0.4, 0.5) is 23.2 Å². The van der Waals surface area contributed by atoms with E-state index in [2.05, 4.69) is 31.4 Å². The second-order valence-electron chi connectivity index (χ2n) is 12.4. The summed E-state index contributed by atoms with van der Waals surface area (Å²) in [5.74, 6) is -4.51. The molecule has 1 saturated carbocycles. The molecule has 1 spiro atoms. The maximum atomic E-state index is 15.7. The fourth-order valence-corrected chi connectivity index (χ4v) is 6.70. The summed E-state index contributed by atoms with van der Waals surface area (Å²) in [6.07, 6.45) is -3.55. The number of hydrogen-bond acceptors (Lipinski definition) is 5. The summed E-state index contributed by atoms with van der Waals surface area (Å²) >= 11 is 12.5. The normalized spacial score (nSPS) is 24.5. The Kier molecular flexibility index (Phi) is 10.3. The van der Waals surface area contributed by atoms with Gasteiger partial charge in [-0.1, -0.05) is 69.6 Å². The number of anilines is 1. The molecule has 0 radical (unpaired) electrons. The molecule has 240 valence electrons. The van der Waals surface area contributed by atoms with Gasteiger partial charge >= 0.3 is 12.1 Å². The molecule has 3 N–H and O–H groups in total. The Bertz CT molecular complexity index is 1470. The number of Topliss-reactive ketones (excluding diaryl/α,β-unsaturated/α-hetero) is 2. The van der Waals surface area contributed by atoms with Crippen LogP contribution >= 0.6 is 23.2 Å². The lowest BCUT2D eigenvalue weighted by atomic mass is 9.62. The van der Waals surface area contributed by atoms with E-state index < -0.39 is 41.4 Å². The van der Waals surface area contributed by atoms with Gasteiger partial charge in [0.1, 0.15) is 17.0 Å². The zero-order valence-electron chi connectivity index (χ0n) is 23.4. The van der Waals surface area contributed by atoms with Crippen LogP contribution in [0.15, 0.2) is 36.4 Å². The van der Waals surface area contributed by atoms with Crippen molar-refractivity contribution in [2.75, 3.05) is 5.32 Å². The lowest BCUT2D eigenvalue weighted by molar-refractivity contribution is -0.192. The number of aliphatic carboxylic acids is 1. The molecule has 1 amide bonds. The number of fused-ring (bicyclic) bond motifs is 2. The first-order valence-corrected chi connectivity index (χ1v) is 14.3. The van der Waals surface area contributed by atoms with Gasteiger partial charge in [0.2, 0.25) is 5.91 Å². The molecule has 44 heavy (non-hydrogen) atoms. The van der Waals surface area contributed by atoms with Gasteiger partial charge in [0.15, 0.2) is 5.78 Å². The van der Waals surface area contributed by atoms with Crippen LogP contribution in [0.2, 0.25) is 10.0 Å². The van der Waals surface area contributed by atoms with E-state index in [0.29, 0.717) is 35.5 Å². The minimum Gasteiger partial charge on any atom is -0.475 e. The topological polar surface area (TPSA) is 113 Å². The minimum atomic E-state index is -5.08. The third kappa shape index (κ3) is 6.79. The Hall–Kier alpha value is -3.02. The second kappa shape index (κ2) is 12.8. The zero-order chi connectivity index (χ0) is 32.1. The second-order valence-corrected chi connectivity index (χ2v) is 13.2. The summed E-state index contributed by atoms with van der Waals surface area (Å²) in [4.78, 5) is 48.3. The van der Waals surface area contributed by atoms with E-state index in [1.165, 1.54) is 6.07 Å². The fourth-order valence-electron chi connectivity index (χ4n) is 6.34. The van der Waals surface area contributed by atoms with Crippen LogP contribution in [0.5, 0.6) is 0 Å². The number of carboxylic acids is 1. The van der Waals surface area contributed by atoms with Crippen LogP contribution < -0.4 is 10.6 Å². The zero-order valence-corrected chi connectivity index (χ0v) is 25.0. The summed E-state index contributed by atoms with van der Waals surface area (Å²) in [6.45, 7) is 6.21. The number of carbonyl (C=O) groups excluding carboxylic acids is 3. The number of benzene rings is 2. The quantitative estimate of drug-likeness (QED) is 0.295. The Balaban J connectivity index is 0.000000594. The van der Waals surface area contributed by atoms with Gasteiger partial charge in [-0.2, -0.15) is 13.2 Å². The number of nitrogens with one attached hydrogen (secondary N) is 2. The molecule has 1 aliphatic carbocycles. The Morgan fingerprint density at radius 1 is 1.07 bits per heavy atom. The number of alkyl halides is 3. The van der Waals surface area contributed by atoms with Gasteiger partial charge in [0.25, 0.3) is 0 Å². The van der Waals surface area contributed by atoms with Gasteiger partial charge in [-0.05, 0) is 47.1 Å². The van der Waals surface area contributed by atoms with Gasteiger partial charge in [-0.15, -0.1) is 0 Å². The molecule has 7 nitrogen and oxygen atoms in total. The molecule has 2 heterocycles. The van der Waals surface area contributed by atoms with Gasteiger partial charge in [-0.25, -0.2) is 9.18 Å². The van der Waals surface area contributed by atoms with E-state index in [0.717, 1.165) is 0 Å². The molecule has 0 aromatic heterocycles. The van der Waals surface area contributed by atoms with Crippen molar-refractivity contribution < 1.29 is 41.8 Å². The molecule has 0 bridgehead atoms. The maximum Gasteiger partial charge on any atom is 0.490 e. The molecule has 5 rings (SSSR count). The molecule has 13 heteroatoms. The number of ketones is 2. The number of amides is 1. The first-order valence-electron chi connectivity index (χ1n) is 13.5. The first kappa shape index (κ1) is 35.5. The maximum absolute atomic E-state index is 15.7. The number of carbonyl (C=O) groups is 4. The van der Waals surface area contributed by atoms with Crippen molar-refractivity contribution >= 4 is 52.3 Å². The summed E-state index contributed by atoms with van der Waals surface area (Å²) in [6, 6.07) is 8.65. The van der Waals surface area contributed by atoms with Gasteiger partial charge < -0.3 is 15.7 Å². The number of halogens is 6. The molecule has 0 unspecified atom stereocenters. The standard InChI is InChI=1S/C28H29Cl2FN2O3.C2HF3O2.CH4/c1-27(2,3)13-22-28(18-8-7-15(29)12-20(18)32-26(28)36)23(17-5-4-6-19(30)24(17)31)25(33-22)21(35)11-14-9-16(34)10-14;3-2(4,5)1(6)7;/h4-8,12,14,22-23,25,33H,9-11,13H2,1-3H3,(H,32,36);(H,6,7);1H4/t22-,23+,25+,28+;;/m1../s1. The molecule has 2 fully saturated rings. The predicted octanol–water partition coefficient (Wildman–Crippen LogP) is 7.09. The molecular formula is C31H34Cl2F4N2O5. The van der Waals surface area contributed by atoms with Crippen molar-refractivity contribution in [3.63, 3.8) is 0 Å². The lowest BCUT2D eigenvalue weighted by Gasteiger charge is -2.38. The SMILES string of the molecule is C.CC(C)(C)C[C@H]1N[C@@H](C(=O)CC2CC(=O)C2)[C@H](c2cccc(Cl)c2F)[C@@]12C(=O)Nc1cc(Cl)ccc12.O=C(O)C(F)(F)F. The fraction of sp³-hybridized carbons (Fsp3) is 0.484. The largest absolute Gasteiger partial charge is 0.490 e. The van der Waals surface area contributed by atoms with E-state index in [-0.39, 0.29) is 53.2 Å². The van der Waals surface area contributed by atoms with Crippen molar-refractivity contribution in [1.82, 2.24) is 5.32 Å². The average Bonchev–Trinajstić information content (AvgIpc) is 3.33. The van der Waals surface area contributed by atoms with Crippen molar-refractivity contribution in [3.8, 4) is 0 Å². The monoisotopic (exact) mass is 660 g/mol. The van der Waals surface area contributed by atoms with Gasteiger partial charge in [0.05, 0.1) is 11.1 Å². The summed E-state index contributed by atoms with van der Waals surface area (Å²) in [5, 5.41) is 14.0. The van der Waals surface area contributed by atoms with Crippen molar-refractivity contribution in [2.45, 2.75) is 83.5 Å². The lowest BCUT2D eigenvalue weighted by Crippen LogP contribution is -2.49. The predicted molar refractivity (Wildman–Crippen MR) is 158 cm³/mol. The van der Waals surface area contributed by atoms with E-state index in [4.69, 9.17) is 33.1 Å². The number of rotatable bonds is 5. The molecule has 2 aromatic carbocycles. The van der Waals surface area contributed by atoms with Crippen LogP contribution in [0.1, 0.15) is 70.9 Å². The van der Waals surface area contributed by atoms with E-state index in [9.17, 15) is 27.6 Å². The van der Waals surface area contributed by atoms with E-state index >= 15 is 4.39 Å². The van der Waals surface area contributed by atoms with Crippen molar-refractivity contribution in [2.24, 2.45) is 11.3 Å². The Morgan fingerprint density at radius 2 is 1.68 bits per heavy atom. The Labute approximate surface area is 262 Å². The third-order valence-corrected chi connectivity index (χ3v) is 8.58. The number of carboxylic acid groups (broad SMARTS) is 1. The molecular weight excluding hydrogens is 627 g/mol. The van der Waals surface area contributed by atoms with Crippen LogP contribution in [0, 0.1) is 17.2 Å². The van der Waals surface area contributed by atoms with E-state index in [1.807, 2.05) is 0 Å². The van der Waals surface area contributed by atoms with Crippen LogP contribution in [-0.4, -0.2) is 46.8 Å². The first-order chi connectivity index (χ1) is 19.9. The number of hydrogen-bond donors (Lipinski definition) is 3. The van der Waals surface area contributed by atoms with Crippen molar-refractivity contribution in [3.05, 3.63) is 63.4 Å². The van der Waals surface area contributed by atoms with E-state index in [1.54, 1.807) is 30.3 Å². The third-order valence-electron chi connectivity index (χ3n) is 8.05. The summed E-state index contributed by atoms with van der Waals surface area (Å²) in [5.41, 5.74) is 0.0348. The molecule has 1 saturated heterocycles. The molecule has 3 aliphatic rings. The van der Waals surface area contributed by atoms with Gasteiger partial charge in [0, 0.05) is 41.9 Å². The summed E-state index contributed by atoms with van der Waals surface area (Å²) in [7, 11) is 0. The smallest absolute Gasteiger partial charge is 0.475 e. The highest BCUT2D eigenvalue weighted by atomic mass is 35.5. The van der Waals surface area contributed by atoms with Crippen LogP contribution in [0.3, 0.4) is 0 Å². The highest BCUT2D eigenvalue weighted by Crippen LogP contribution is 2.57. The van der Waals surface area contributed by atoms with Crippen molar-refractivity contribution in [1.29, 1.82) is 0 Å². The van der Waals surface area contributed by atoms with Gasteiger partial charge in [-0.3, -0.25) is 14.4 Å². The van der Waals surface area contributed by atoms with Crippen LogP contribution in [0.25, 0.3) is 0 Å².